The van der Waals surface area contributed by atoms with E-state index in [9.17, 15) is 19.7 Å². The van der Waals surface area contributed by atoms with Crippen LogP contribution < -0.4 is 5.32 Å². The van der Waals surface area contributed by atoms with E-state index < -0.39 is 16.8 Å². The summed E-state index contributed by atoms with van der Waals surface area (Å²) in [4.78, 5) is 34.7. The number of ether oxygens (including phenoxy) is 1. The van der Waals surface area contributed by atoms with Crippen molar-refractivity contribution in [2.45, 2.75) is 12.8 Å². The largest absolute Gasteiger partial charge is 0.462 e. The van der Waals surface area contributed by atoms with Gasteiger partial charge in [0, 0.05) is 18.6 Å². The third-order valence-electron chi connectivity index (χ3n) is 3.47. The van der Waals surface area contributed by atoms with Gasteiger partial charge in [-0.3, -0.25) is 14.9 Å². The Morgan fingerprint density at radius 2 is 1.96 bits per heavy atom. The second-order valence-corrected chi connectivity index (χ2v) is 5.73. The third kappa shape index (κ3) is 5.26. The number of carbonyl (C=O) groups excluding carboxylic acids is 2. The van der Waals surface area contributed by atoms with Crippen molar-refractivity contribution in [3.05, 3.63) is 68.7 Å². The first-order chi connectivity index (χ1) is 12.9. The average Bonchev–Trinajstić information content (AvgIpc) is 2.65. The van der Waals surface area contributed by atoms with E-state index in [1.807, 2.05) is 6.07 Å². The molecule has 27 heavy (non-hydrogen) atoms. The van der Waals surface area contributed by atoms with E-state index in [0.29, 0.717) is 6.42 Å². The van der Waals surface area contributed by atoms with Gasteiger partial charge in [-0.25, -0.2) is 4.79 Å². The maximum absolute atomic E-state index is 12.4. The highest BCUT2D eigenvalue weighted by Gasteiger charge is 2.18. The van der Waals surface area contributed by atoms with Crippen LogP contribution in [0.3, 0.4) is 0 Å². The number of para-hydroxylation sites is 1. The second kappa shape index (κ2) is 9.31. The summed E-state index contributed by atoms with van der Waals surface area (Å²) in [6, 6.07) is 11.7. The first-order valence-electron chi connectivity index (χ1n) is 7.82. The Morgan fingerprint density at radius 3 is 2.63 bits per heavy atom. The lowest BCUT2D eigenvalue weighted by atomic mass is 10.1. The van der Waals surface area contributed by atoms with Crippen LogP contribution in [0.2, 0.25) is 5.02 Å². The predicted molar refractivity (Wildman–Crippen MR) is 97.6 cm³/mol. The first-order valence-corrected chi connectivity index (χ1v) is 8.20. The molecule has 0 saturated heterocycles. The van der Waals surface area contributed by atoms with Crippen molar-refractivity contribution >= 4 is 34.9 Å². The monoisotopic (exact) mass is 387 g/mol. The normalized spacial score (nSPS) is 9.93. The lowest BCUT2D eigenvalue weighted by molar-refractivity contribution is -0.384. The van der Waals surface area contributed by atoms with Gasteiger partial charge in [-0.2, -0.15) is 5.26 Å². The minimum atomic E-state index is -0.640. The van der Waals surface area contributed by atoms with Gasteiger partial charge in [0.2, 0.25) is 0 Å². The van der Waals surface area contributed by atoms with Crippen molar-refractivity contribution in [3.63, 3.8) is 0 Å². The van der Waals surface area contributed by atoms with Crippen molar-refractivity contribution in [3.8, 4) is 6.07 Å². The average molecular weight is 388 g/mol. The summed E-state index contributed by atoms with van der Waals surface area (Å²) in [7, 11) is 0. The van der Waals surface area contributed by atoms with Crippen LogP contribution in [0.15, 0.2) is 42.5 Å². The standard InChI is InChI=1S/C18H14ClN3O5/c19-15-11-12(22(25)26)7-8-13(15)17(23)21-16-6-2-1-5-14(16)18(24)27-10-4-3-9-20/h1-2,5-8,11H,3-4,10H2,(H,21,23). The van der Waals surface area contributed by atoms with E-state index in [1.54, 1.807) is 12.1 Å². The number of nitro benzene ring substituents is 1. The number of hydrogen-bond acceptors (Lipinski definition) is 6. The molecule has 0 aliphatic rings. The number of benzene rings is 2. The Hall–Kier alpha value is -3.44. The molecular formula is C18H14ClN3O5. The number of anilines is 1. The Balaban J connectivity index is 2.16. The van der Waals surface area contributed by atoms with Gasteiger partial charge < -0.3 is 10.1 Å². The molecule has 0 saturated carbocycles. The zero-order valence-electron chi connectivity index (χ0n) is 14.0. The third-order valence-corrected chi connectivity index (χ3v) is 3.78. The Labute approximate surface area is 159 Å². The van der Waals surface area contributed by atoms with E-state index in [4.69, 9.17) is 21.6 Å². The molecule has 2 aromatic carbocycles. The lowest BCUT2D eigenvalue weighted by Crippen LogP contribution is -2.16. The van der Waals surface area contributed by atoms with Crippen LogP contribution in [0.5, 0.6) is 0 Å². The molecule has 2 rings (SSSR count). The highest BCUT2D eigenvalue weighted by Crippen LogP contribution is 2.24. The summed E-state index contributed by atoms with van der Waals surface area (Å²) in [6.07, 6.45) is 0.680. The van der Waals surface area contributed by atoms with Gasteiger partial charge in [-0.05, 0) is 24.6 Å². The van der Waals surface area contributed by atoms with Crippen molar-refractivity contribution in [2.75, 3.05) is 11.9 Å². The first kappa shape index (κ1) is 19.9. The molecule has 0 aliphatic carbocycles. The number of nitrogens with one attached hydrogen (secondary N) is 1. The van der Waals surface area contributed by atoms with Gasteiger partial charge in [0.25, 0.3) is 11.6 Å². The number of nitriles is 1. The fourth-order valence-electron chi connectivity index (χ4n) is 2.16. The summed E-state index contributed by atoms with van der Waals surface area (Å²) in [5.74, 6) is -1.27. The SMILES string of the molecule is N#CCCCOC(=O)c1ccccc1NC(=O)c1ccc([N+](=O)[O-])cc1Cl. The van der Waals surface area contributed by atoms with Crippen LogP contribution in [-0.2, 0) is 4.74 Å². The fourth-order valence-corrected chi connectivity index (χ4v) is 2.42. The molecule has 0 unspecified atom stereocenters. The molecule has 9 heteroatoms. The molecular weight excluding hydrogens is 374 g/mol. The summed E-state index contributed by atoms with van der Waals surface area (Å²) in [5.41, 5.74) is 0.139. The number of esters is 1. The van der Waals surface area contributed by atoms with Gasteiger partial charge in [0.15, 0.2) is 0 Å². The number of hydrogen-bond donors (Lipinski definition) is 1. The molecule has 8 nitrogen and oxygen atoms in total. The number of halogens is 1. The lowest BCUT2D eigenvalue weighted by Gasteiger charge is -2.11. The van der Waals surface area contributed by atoms with Gasteiger partial charge in [0.05, 0.1) is 39.4 Å². The second-order valence-electron chi connectivity index (χ2n) is 5.32. The van der Waals surface area contributed by atoms with E-state index in [-0.39, 0.29) is 40.6 Å². The predicted octanol–water partition coefficient (Wildman–Crippen LogP) is 3.96. The molecule has 0 radical (unpaired) electrons. The van der Waals surface area contributed by atoms with E-state index in [1.165, 1.54) is 18.2 Å². The smallest absolute Gasteiger partial charge is 0.340 e. The topological polar surface area (TPSA) is 122 Å². The molecule has 2 aromatic rings. The molecule has 0 aromatic heterocycles. The van der Waals surface area contributed by atoms with Gasteiger partial charge in [-0.15, -0.1) is 0 Å². The molecule has 138 valence electrons. The molecule has 0 bridgehead atoms. The van der Waals surface area contributed by atoms with Gasteiger partial charge >= 0.3 is 5.97 Å². The minimum Gasteiger partial charge on any atom is -0.462 e. The van der Waals surface area contributed by atoms with Crippen molar-refractivity contribution in [2.24, 2.45) is 0 Å². The minimum absolute atomic E-state index is 0.0273. The number of nitrogens with zero attached hydrogens (tertiary/aromatic N) is 2. The zero-order valence-corrected chi connectivity index (χ0v) is 14.7. The van der Waals surface area contributed by atoms with Crippen LogP contribution in [0, 0.1) is 21.4 Å². The maximum Gasteiger partial charge on any atom is 0.340 e. The summed E-state index contributed by atoms with van der Waals surface area (Å²) >= 11 is 5.95. The van der Waals surface area contributed by atoms with Crippen molar-refractivity contribution < 1.29 is 19.2 Å². The maximum atomic E-state index is 12.4. The van der Waals surface area contributed by atoms with Gasteiger partial charge in [0.1, 0.15) is 0 Å². The highest BCUT2D eigenvalue weighted by atomic mass is 35.5. The van der Waals surface area contributed by atoms with E-state index in [2.05, 4.69) is 5.32 Å². The molecule has 0 atom stereocenters. The molecule has 1 N–H and O–H groups in total. The number of rotatable bonds is 7. The van der Waals surface area contributed by atoms with Crippen molar-refractivity contribution in [1.29, 1.82) is 5.26 Å². The number of non-ortho nitro benzene ring substituents is 1. The molecule has 1 amide bonds. The Bertz CT molecular complexity index is 923. The van der Waals surface area contributed by atoms with Gasteiger partial charge in [-0.1, -0.05) is 23.7 Å². The summed E-state index contributed by atoms with van der Waals surface area (Å²) in [5, 5.41) is 21.7. The Kier molecular flexibility index (Phi) is 6.86. The number of carbonyl (C=O) groups is 2. The molecule has 0 heterocycles. The van der Waals surface area contributed by atoms with E-state index >= 15 is 0 Å². The number of unbranched alkanes of at least 4 members (excludes halogenated alkanes) is 1. The molecule has 0 spiro atoms. The number of amides is 1. The number of nitro groups is 1. The summed E-state index contributed by atoms with van der Waals surface area (Å²) < 4.78 is 5.08. The Morgan fingerprint density at radius 1 is 1.22 bits per heavy atom. The zero-order chi connectivity index (χ0) is 19.8. The quantitative estimate of drug-likeness (QED) is 0.332. The van der Waals surface area contributed by atoms with Crippen LogP contribution in [0.1, 0.15) is 33.6 Å². The van der Waals surface area contributed by atoms with Crippen molar-refractivity contribution in [1.82, 2.24) is 0 Å². The van der Waals surface area contributed by atoms with Crippen LogP contribution in [-0.4, -0.2) is 23.4 Å². The van der Waals surface area contributed by atoms with Crippen LogP contribution in [0.4, 0.5) is 11.4 Å². The highest BCUT2D eigenvalue weighted by molar-refractivity contribution is 6.34. The van der Waals surface area contributed by atoms with Crippen LogP contribution >= 0.6 is 11.6 Å². The fraction of sp³-hybridized carbons (Fsp3) is 0.167. The summed E-state index contributed by atoms with van der Waals surface area (Å²) in [6.45, 7) is 0.0862. The molecule has 0 aliphatic heterocycles. The van der Waals surface area contributed by atoms with E-state index in [0.717, 1.165) is 12.1 Å². The van der Waals surface area contributed by atoms with Crippen LogP contribution in [0.25, 0.3) is 0 Å². The molecule has 0 fully saturated rings.